The molecule has 24 heavy (non-hydrogen) atoms. The molecular weight excluding hydrogens is 326 g/mol. The van der Waals surface area contributed by atoms with Gasteiger partial charge in [-0.15, -0.1) is 11.3 Å². The molecule has 7 heteroatoms. The number of ether oxygens (including phenoxy) is 1. The molecule has 2 aromatic heterocycles. The number of esters is 1. The van der Waals surface area contributed by atoms with E-state index in [1.807, 2.05) is 17.5 Å². The lowest BCUT2D eigenvalue weighted by Crippen LogP contribution is -2.12. The van der Waals surface area contributed by atoms with Gasteiger partial charge in [-0.05, 0) is 36.4 Å². The van der Waals surface area contributed by atoms with Gasteiger partial charge in [-0.25, -0.2) is 9.78 Å². The van der Waals surface area contributed by atoms with Gasteiger partial charge in [-0.1, -0.05) is 0 Å². The van der Waals surface area contributed by atoms with E-state index >= 15 is 0 Å². The highest BCUT2D eigenvalue weighted by molar-refractivity contribution is 7.14. The van der Waals surface area contributed by atoms with E-state index in [0.717, 1.165) is 11.3 Å². The number of carbonyl (C=O) groups excluding carboxylic acids is 2. The van der Waals surface area contributed by atoms with Gasteiger partial charge >= 0.3 is 5.97 Å². The number of anilines is 1. The Morgan fingerprint density at radius 1 is 1.12 bits per heavy atom. The molecule has 2 heterocycles. The SMILES string of the molecule is COC(=O)c1ccc(C(=O)Nc2nc(-c3cccnc3)cs2)cc1. The molecule has 0 aliphatic heterocycles. The number of hydrogen-bond acceptors (Lipinski definition) is 6. The number of pyridine rings is 1. The van der Waals surface area contributed by atoms with Gasteiger partial charge in [-0.2, -0.15) is 0 Å². The minimum absolute atomic E-state index is 0.293. The number of rotatable bonds is 4. The second-order valence-corrected chi connectivity index (χ2v) is 5.66. The number of aromatic nitrogens is 2. The van der Waals surface area contributed by atoms with Crippen LogP contribution in [0.2, 0.25) is 0 Å². The van der Waals surface area contributed by atoms with Gasteiger partial charge in [0.2, 0.25) is 0 Å². The molecule has 0 saturated carbocycles. The fourth-order valence-corrected chi connectivity index (χ4v) is 2.74. The molecule has 6 nitrogen and oxygen atoms in total. The summed E-state index contributed by atoms with van der Waals surface area (Å²) in [5.74, 6) is -0.735. The normalized spacial score (nSPS) is 10.2. The Morgan fingerprint density at radius 2 is 1.88 bits per heavy atom. The quantitative estimate of drug-likeness (QED) is 0.738. The van der Waals surface area contributed by atoms with Crippen molar-refractivity contribution in [3.63, 3.8) is 0 Å². The Balaban J connectivity index is 1.71. The van der Waals surface area contributed by atoms with E-state index in [1.165, 1.54) is 18.4 Å². The summed E-state index contributed by atoms with van der Waals surface area (Å²) in [6.07, 6.45) is 3.41. The number of amides is 1. The second-order valence-electron chi connectivity index (χ2n) is 4.80. The lowest BCUT2D eigenvalue weighted by atomic mass is 10.1. The summed E-state index contributed by atoms with van der Waals surface area (Å²) >= 11 is 1.33. The average Bonchev–Trinajstić information content (AvgIpc) is 3.10. The first-order chi connectivity index (χ1) is 11.7. The molecule has 0 radical (unpaired) electrons. The second kappa shape index (κ2) is 7.01. The average molecular weight is 339 g/mol. The van der Waals surface area contributed by atoms with Gasteiger partial charge in [0.25, 0.3) is 5.91 Å². The zero-order valence-corrected chi connectivity index (χ0v) is 13.5. The molecule has 1 amide bonds. The van der Waals surface area contributed by atoms with Crippen LogP contribution in [0.3, 0.4) is 0 Å². The van der Waals surface area contributed by atoms with E-state index in [1.54, 1.807) is 36.7 Å². The summed E-state index contributed by atoms with van der Waals surface area (Å²) in [6.45, 7) is 0. The molecule has 0 saturated heterocycles. The third kappa shape index (κ3) is 3.47. The molecule has 0 spiro atoms. The molecule has 120 valence electrons. The highest BCUT2D eigenvalue weighted by Gasteiger charge is 2.11. The van der Waals surface area contributed by atoms with Crippen molar-refractivity contribution in [3.8, 4) is 11.3 Å². The van der Waals surface area contributed by atoms with Crippen LogP contribution in [0, 0.1) is 0 Å². The molecule has 3 aromatic rings. The number of nitrogens with zero attached hydrogens (tertiary/aromatic N) is 2. The van der Waals surface area contributed by atoms with Crippen LogP contribution in [0.25, 0.3) is 11.3 Å². The molecular formula is C17H13N3O3S. The van der Waals surface area contributed by atoms with E-state index < -0.39 is 5.97 Å². The predicted molar refractivity (Wildman–Crippen MR) is 91.1 cm³/mol. The summed E-state index contributed by atoms with van der Waals surface area (Å²) in [4.78, 5) is 32.0. The molecule has 0 fully saturated rings. The Kier molecular flexibility index (Phi) is 4.62. The first kappa shape index (κ1) is 15.8. The summed E-state index contributed by atoms with van der Waals surface area (Å²) in [5.41, 5.74) is 2.46. The standard InChI is InChI=1S/C17H13N3O3S/c1-23-16(22)12-6-4-11(5-7-12)15(21)20-17-19-14(10-24-17)13-3-2-8-18-9-13/h2-10H,1H3,(H,19,20,21). The number of carbonyl (C=O) groups is 2. The Labute approximate surface area is 142 Å². The topological polar surface area (TPSA) is 81.2 Å². The maximum atomic E-state index is 12.2. The van der Waals surface area contributed by atoms with Crippen LogP contribution in [0.5, 0.6) is 0 Å². The van der Waals surface area contributed by atoms with Crippen molar-refractivity contribution in [1.29, 1.82) is 0 Å². The maximum absolute atomic E-state index is 12.2. The lowest BCUT2D eigenvalue weighted by molar-refractivity contribution is 0.0600. The molecule has 1 aromatic carbocycles. The summed E-state index contributed by atoms with van der Waals surface area (Å²) in [5, 5.41) is 5.09. The fourth-order valence-electron chi connectivity index (χ4n) is 2.02. The number of benzene rings is 1. The van der Waals surface area contributed by atoms with E-state index in [4.69, 9.17) is 0 Å². The first-order valence-corrected chi connectivity index (χ1v) is 7.91. The molecule has 1 N–H and O–H groups in total. The van der Waals surface area contributed by atoms with Gasteiger partial charge in [0.05, 0.1) is 18.4 Å². The van der Waals surface area contributed by atoms with Crippen molar-refractivity contribution in [2.24, 2.45) is 0 Å². The third-order valence-corrected chi connectivity index (χ3v) is 4.01. The van der Waals surface area contributed by atoms with Crippen LogP contribution in [-0.4, -0.2) is 29.0 Å². The Hall–Kier alpha value is -3.06. The zero-order valence-electron chi connectivity index (χ0n) is 12.7. The van der Waals surface area contributed by atoms with Crippen molar-refractivity contribution in [3.05, 3.63) is 65.3 Å². The van der Waals surface area contributed by atoms with Gasteiger partial charge in [0.15, 0.2) is 5.13 Å². The molecule has 3 rings (SSSR count). The van der Waals surface area contributed by atoms with Crippen molar-refractivity contribution in [2.75, 3.05) is 12.4 Å². The van der Waals surface area contributed by atoms with E-state index in [-0.39, 0.29) is 5.91 Å². The summed E-state index contributed by atoms with van der Waals surface area (Å²) in [6, 6.07) is 9.96. The van der Waals surface area contributed by atoms with Crippen LogP contribution >= 0.6 is 11.3 Å². The molecule has 0 bridgehead atoms. The van der Waals surface area contributed by atoms with E-state index in [2.05, 4.69) is 20.0 Å². The van der Waals surface area contributed by atoms with Gasteiger partial charge in [-0.3, -0.25) is 15.1 Å². The monoisotopic (exact) mass is 339 g/mol. The number of thiazole rings is 1. The fraction of sp³-hybridized carbons (Fsp3) is 0.0588. The van der Waals surface area contributed by atoms with Crippen molar-refractivity contribution >= 4 is 28.3 Å². The van der Waals surface area contributed by atoms with Crippen molar-refractivity contribution in [2.45, 2.75) is 0 Å². The predicted octanol–water partition coefficient (Wildman–Crippen LogP) is 3.24. The van der Waals surface area contributed by atoms with E-state index in [0.29, 0.717) is 16.3 Å². The maximum Gasteiger partial charge on any atom is 0.337 e. The van der Waals surface area contributed by atoms with Crippen LogP contribution in [0.4, 0.5) is 5.13 Å². The summed E-state index contributed by atoms with van der Waals surface area (Å²) < 4.78 is 4.62. The van der Waals surface area contributed by atoms with Gasteiger partial charge in [0.1, 0.15) is 0 Å². The first-order valence-electron chi connectivity index (χ1n) is 7.03. The molecule has 0 atom stereocenters. The van der Waals surface area contributed by atoms with Crippen LogP contribution < -0.4 is 5.32 Å². The van der Waals surface area contributed by atoms with Gasteiger partial charge in [0, 0.05) is 28.9 Å². The largest absolute Gasteiger partial charge is 0.465 e. The minimum Gasteiger partial charge on any atom is -0.465 e. The van der Waals surface area contributed by atoms with Gasteiger partial charge < -0.3 is 4.74 Å². The number of nitrogens with one attached hydrogen (secondary N) is 1. The molecule has 0 aliphatic rings. The van der Waals surface area contributed by atoms with Crippen LogP contribution in [-0.2, 0) is 4.74 Å². The lowest BCUT2D eigenvalue weighted by Gasteiger charge is -2.03. The number of methoxy groups -OCH3 is 1. The van der Waals surface area contributed by atoms with Crippen molar-refractivity contribution in [1.82, 2.24) is 9.97 Å². The van der Waals surface area contributed by atoms with E-state index in [9.17, 15) is 9.59 Å². The number of hydrogen-bond donors (Lipinski definition) is 1. The van der Waals surface area contributed by atoms with Crippen molar-refractivity contribution < 1.29 is 14.3 Å². The third-order valence-electron chi connectivity index (χ3n) is 3.25. The van der Waals surface area contributed by atoms with Crippen LogP contribution in [0.1, 0.15) is 20.7 Å². The summed E-state index contributed by atoms with van der Waals surface area (Å²) in [7, 11) is 1.31. The Bertz CT molecular complexity index is 860. The highest BCUT2D eigenvalue weighted by Crippen LogP contribution is 2.24. The molecule has 0 unspecified atom stereocenters. The Morgan fingerprint density at radius 3 is 2.54 bits per heavy atom. The smallest absolute Gasteiger partial charge is 0.337 e. The van der Waals surface area contributed by atoms with Crippen LogP contribution in [0.15, 0.2) is 54.2 Å². The molecule has 0 aliphatic carbocycles. The zero-order chi connectivity index (χ0) is 16.9. The minimum atomic E-state index is -0.442. The highest BCUT2D eigenvalue weighted by atomic mass is 32.1.